The van der Waals surface area contributed by atoms with E-state index < -0.39 is 8.56 Å². The molecule has 1 unspecified atom stereocenters. The van der Waals surface area contributed by atoms with Gasteiger partial charge in [0.2, 0.25) is 0 Å². The first-order valence-corrected chi connectivity index (χ1v) is 10.5. The molecule has 0 rings (SSSR count). The largest absolute Gasteiger partial charge is 0.411 e. The summed E-state index contributed by atoms with van der Waals surface area (Å²) in [5, 5.41) is 0. The van der Waals surface area contributed by atoms with Crippen LogP contribution in [-0.4, -0.2) is 24.2 Å². The minimum absolute atomic E-state index is 0.351. The molecule has 19 heavy (non-hydrogen) atoms. The summed E-state index contributed by atoms with van der Waals surface area (Å²) in [6.45, 7) is 4.09. The quantitative estimate of drug-likeness (QED) is 0.358. The predicted octanol–water partition coefficient (Wildman–Crippen LogP) is 3.68. The molecule has 0 fully saturated rings. The van der Waals surface area contributed by atoms with E-state index in [1.165, 1.54) is 38.5 Å². The van der Waals surface area contributed by atoms with Crippen LogP contribution in [-0.2, 0) is 0 Å². The summed E-state index contributed by atoms with van der Waals surface area (Å²) in [5.74, 6) is 0. The van der Waals surface area contributed by atoms with Crippen LogP contribution in [0.25, 0.3) is 0 Å². The van der Waals surface area contributed by atoms with E-state index in [0.29, 0.717) is 18.1 Å². The Hall–Kier alpha value is 0.0969. The zero-order chi connectivity index (χ0) is 14.6. The second-order valence-electron chi connectivity index (χ2n) is 6.08. The van der Waals surface area contributed by atoms with Crippen LogP contribution in [0.4, 0.5) is 0 Å². The lowest BCUT2D eigenvalue weighted by molar-refractivity contribution is 0.353. The van der Waals surface area contributed by atoms with Gasteiger partial charge in [-0.25, -0.2) is 0 Å². The van der Waals surface area contributed by atoms with Gasteiger partial charge < -0.3 is 15.3 Å². The molecule has 0 aliphatic heterocycles. The van der Waals surface area contributed by atoms with Gasteiger partial charge in [-0.1, -0.05) is 64.7 Å². The Labute approximate surface area is 120 Å². The third kappa shape index (κ3) is 14.3. The van der Waals surface area contributed by atoms with Gasteiger partial charge in [0.1, 0.15) is 0 Å². The number of hydrogen-bond acceptors (Lipinski definition) is 3. The molecule has 0 saturated heterocycles. The van der Waals surface area contributed by atoms with Crippen LogP contribution in [0, 0.1) is 0 Å². The zero-order valence-corrected chi connectivity index (χ0v) is 14.0. The van der Waals surface area contributed by atoms with Crippen molar-refractivity contribution in [3.63, 3.8) is 0 Å². The molecular weight excluding hydrogens is 254 g/mol. The third-order valence-corrected chi connectivity index (χ3v) is 6.09. The molecule has 3 nitrogen and oxygen atoms in total. The standard InChI is InChI=1S/C15H35NO2Si/c1-3-13-19(17,18)14-11-9-7-5-4-6-8-10-12-15(2)16/h15,17-18H,3-14,16H2,1-2H3. The van der Waals surface area contributed by atoms with Crippen molar-refractivity contribution in [2.75, 3.05) is 0 Å². The summed E-state index contributed by atoms with van der Waals surface area (Å²) in [6, 6.07) is 1.64. The maximum atomic E-state index is 9.74. The van der Waals surface area contributed by atoms with E-state index in [4.69, 9.17) is 5.73 Å². The van der Waals surface area contributed by atoms with Crippen LogP contribution in [0.2, 0.25) is 12.1 Å². The number of hydrogen-bond donors (Lipinski definition) is 3. The molecule has 0 aromatic heterocycles. The summed E-state index contributed by atoms with van der Waals surface area (Å²) in [7, 11) is -2.81. The molecule has 0 aromatic rings. The Kier molecular flexibility index (Phi) is 11.9. The molecular formula is C15H35NO2Si. The highest BCUT2D eigenvalue weighted by Crippen LogP contribution is 2.17. The smallest absolute Gasteiger partial charge is 0.332 e. The van der Waals surface area contributed by atoms with Crippen LogP contribution in [0.15, 0.2) is 0 Å². The summed E-state index contributed by atoms with van der Waals surface area (Å²) in [6.07, 6.45) is 11.9. The van der Waals surface area contributed by atoms with E-state index in [1.807, 2.05) is 6.92 Å². The molecule has 0 aliphatic rings. The second kappa shape index (κ2) is 11.9. The Morgan fingerprint density at radius 1 is 0.842 bits per heavy atom. The maximum absolute atomic E-state index is 9.74. The van der Waals surface area contributed by atoms with E-state index in [1.54, 1.807) is 0 Å². The highest BCUT2D eigenvalue weighted by Gasteiger charge is 2.26. The van der Waals surface area contributed by atoms with Gasteiger partial charge in [0.25, 0.3) is 0 Å². The topological polar surface area (TPSA) is 66.5 Å². The van der Waals surface area contributed by atoms with Crippen molar-refractivity contribution in [1.82, 2.24) is 0 Å². The molecule has 4 heteroatoms. The Bertz CT molecular complexity index is 199. The average Bonchev–Trinajstić information content (AvgIpc) is 2.31. The molecule has 0 aliphatic carbocycles. The lowest BCUT2D eigenvalue weighted by Crippen LogP contribution is -2.33. The summed E-state index contributed by atoms with van der Waals surface area (Å²) in [4.78, 5) is 19.5. The van der Waals surface area contributed by atoms with Gasteiger partial charge in [-0.15, -0.1) is 0 Å². The van der Waals surface area contributed by atoms with Crippen LogP contribution < -0.4 is 5.73 Å². The fourth-order valence-corrected chi connectivity index (χ4v) is 4.33. The van der Waals surface area contributed by atoms with Gasteiger partial charge in [0.15, 0.2) is 0 Å². The fourth-order valence-electron chi connectivity index (χ4n) is 2.46. The van der Waals surface area contributed by atoms with Crippen molar-refractivity contribution in [3.8, 4) is 0 Å². The second-order valence-corrected chi connectivity index (χ2v) is 9.04. The Balaban J connectivity index is 3.19. The van der Waals surface area contributed by atoms with Crippen LogP contribution in [0.5, 0.6) is 0 Å². The van der Waals surface area contributed by atoms with Gasteiger partial charge in [-0.3, -0.25) is 0 Å². The van der Waals surface area contributed by atoms with E-state index >= 15 is 0 Å². The first kappa shape index (κ1) is 19.1. The summed E-state index contributed by atoms with van der Waals surface area (Å²) in [5.41, 5.74) is 5.71. The first-order valence-electron chi connectivity index (χ1n) is 8.18. The van der Waals surface area contributed by atoms with Crippen molar-refractivity contribution < 1.29 is 9.59 Å². The molecule has 116 valence electrons. The van der Waals surface area contributed by atoms with E-state index in [-0.39, 0.29) is 0 Å². The minimum atomic E-state index is -2.81. The normalized spacial score (nSPS) is 13.7. The number of nitrogens with two attached hydrogens (primary N) is 1. The molecule has 0 heterocycles. The van der Waals surface area contributed by atoms with Gasteiger partial charge in [-0.05, 0) is 25.4 Å². The van der Waals surface area contributed by atoms with Crippen LogP contribution >= 0.6 is 0 Å². The minimum Gasteiger partial charge on any atom is -0.411 e. The molecule has 0 aromatic carbocycles. The lowest BCUT2D eigenvalue weighted by atomic mass is 10.1. The van der Waals surface area contributed by atoms with E-state index in [2.05, 4.69) is 6.92 Å². The van der Waals surface area contributed by atoms with Gasteiger partial charge >= 0.3 is 8.56 Å². The van der Waals surface area contributed by atoms with Gasteiger partial charge in [-0.2, -0.15) is 0 Å². The molecule has 0 saturated carbocycles. The van der Waals surface area contributed by atoms with E-state index in [0.717, 1.165) is 25.7 Å². The molecule has 0 radical (unpaired) electrons. The lowest BCUT2D eigenvalue weighted by Gasteiger charge is -2.16. The third-order valence-electron chi connectivity index (χ3n) is 3.64. The number of rotatable bonds is 13. The van der Waals surface area contributed by atoms with Crippen LogP contribution in [0.3, 0.4) is 0 Å². The Morgan fingerprint density at radius 3 is 1.79 bits per heavy atom. The predicted molar refractivity (Wildman–Crippen MR) is 85.3 cm³/mol. The SMILES string of the molecule is CCC[Si](O)(O)CCCCCCCCCCC(C)N. The highest BCUT2D eigenvalue weighted by atomic mass is 28.4. The summed E-state index contributed by atoms with van der Waals surface area (Å²) < 4.78 is 0. The fraction of sp³-hybridized carbons (Fsp3) is 1.00. The van der Waals surface area contributed by atoms with E-state index in [9.17, 15) is 9.59 Å². The molecule has 1 atom stereocenters. The molecule has 0 spiro atoms. The summed E-state index contributed by atoms with van der Waals surface area (Å²) >= 11 is 0. The molecule has 4 N–H and O–H groups in total. The molecule has 0 bridgehead atoms. The van der Waals surface area contributed by atoms with Crippen LogP contribution in [0.1, 0.15) is 78.1 Å². The van der Waals surface area contributed by atoms with Gasteiger partial charge in [0.05, 0.1) is 0 Å². The maximum Gasteiger partial charge on any atom is 0.332 e. The number of unbranched alkanes of at least 4 members (excludes halogenated alkanes) is 7. The van der Waals surface area contributed by atoms with Gasteiger partial charge in [0, 0.05) is 6.04 Å². The Morgan fingerprint density at radius 2 is 1.32 bits per heavy atom. The monoisotopic (exact) mass is 289 g/mol. The van der Waals surface area contributed by atoms with Crippen molar-refractivity contribution in [1.29, 1.82) is 0 Å². The molecule has 0 amide bonds. The highest BCUT2D eigenvalue weighted by molar-refractivity contribution is 6.64. The van der Waals surface area contributed by atoms with Crippen molar-refractivity contribution in [2.45, 2.75) is 96.2 Å². The first-order chi connectivity index (χ1) is 8.98. The average molecular weight is 290 g/mol. The van der Waals surface area contributed by atoms with Crippen molar-refractivity contribution in [2.24, 2.45) is 5.73 Å². The van der Waals surface area contributed by atoms with Crippen molar-refractivity contribution >= 4 is 8.56 Å². The van der Waals surface area contributed by atoms with Crippen molar-refractivity contribution in [3.05, 3.63) is 0 Å². The zero-order valence-electron chi connectivity index (χ0n) is 13.0.